The van der Waals surface area contributed by atoms with Gasteiger partial charge in [-0.1, -0.05) is 48.5 Å². The molecule has 3 rings (SSSR count). The van der Waals surface area contributed by atoms with Crippen LogP contribution in [-0.2, 0) is 0 Å². The molecule has 88 valence electrons. The lowest BCUT2D eigenvalue weighted by Crippen LogP contribution is -1.93. The first-order valence-corrected chi connectivity index (χ1v) is 6.01. The molecular weight excluding hydrogens is 220 g/mol. The maximum atomic E-state index is 4.35. The van der Waals surface area contributed by atoms with E-state index in [-0.39, 0.29) is 0 Å². The lowest BCUT2D eigenvalue weighted by molar-refractivity contribution is 1.32. The predicted molar refractivity (Wildman–Crippen MR) is 76.7 cm³/mol. The van der Waals surface area contributed by atoms with Crippen LogP contribution in [0.3, 0.4) is 0 Å². The summed E-state index contributed by atoms with van der Waals surface area (Å²) in [6.45, 7) is 0. The average Bonchev–Trinajstić information content (AvgIpc) is 2.47. The summed E-state index contributed by atoms with van der Waals surface area (Å²) >= 11 is 0. The highest BCUT2D eigenvalue weighted by atomic mass is 14.9. The first kappa shape index (κ1) is 10.8. The Morgan fingerprint density at radius 3 is 2.44 bits per heavy atom. The first-order valence-electron chi connectivity index (χ1n) is 6.01. The third kappa shape index (κ3) is 1.72. The zero-order chi connectivity index (χ0) is 12.4. The molecule has 0 aliphatic heterocycles. The van der Waals surface area contributed by atoms with Crippen LogP contribution < -0.4 is 5.32 Å². The second-order valence-electron chi connectivity index (χ2n) is 4.18. The van der Waals surface area contributed by atoms with Crippen LogP contribution in [0.25, 0.3) is 21.9 Å². The van der Waals surface area contributed by atoms with E-state index in [1.165, 1.54) is 16.5 Å². The van der Waals surface area contributed by atoms with Gasteiger partial charge in [-0.25, -0.2) is 4.98 Å². The zero-order valence-electron chi connectivity index (χ0n) is 10.2. The maximum Gasteiger partial charge on any atom is 0.133 e. The summed E-state index contributed by atoms with van der Waals surface area (Å²) in [5.74, 6) is 0.922. The van der Waals surface area contributed by atoms with E-state index in [1.807, 2.05) is 19.3 Å². The number of hydrogen-bond acceptors (Lipinski definition) is 2. The molecule has 0 fully saturated rings. The van der Waals surface area contributed by atoms with E-state index in [0.29, 0.717) is 0 Å². The SMILES string of the molecule is CNc1nccc2c(-c3ccccc3)cccc12. The van der Waals surface area contributed by atoms with Gasteiger partial charge in [-0.05, 0) is 22.6 Å². The molecule has 1 aromatic heterocycles. The Morgan fingerprint density at radius 1 is 0.833 bits per heavy atom. The van der Waals surface area contributed by atoms with E-state index in [0.717, 1.165) is 11.2 Å². The largest absolute Gasteiger partial charge is 0.373 e. The molecular formula is C16H14N2. The third-order valence-electron chi connectivity index (χ3n) is 3.13. The number of nitrogens with one attached hydrogen (secondary N) is 1. The summed E-state index contributed by atoms with van der Waals surface area (Å²) in [7, 11) is 1.90. The normalized spacial score (nSPS) is 10.5. The fourth-order valence-electron chi connectivity index (χ4n) is 2.28. The number of aromatic nitrogens is 1. The molecule has 0 aliphatic carbocycles. The molecule has 2 heteroatoms. The monoisotopic (exact) mass is 234 g/mol. The quantitative estimate of drug-likeness (QED) is 0.726. The van der Waals surface area contributed by atoms with Gasteiger partial charge in [0, 0.05) is 18.6 Å². The van der Waals surface area contributed by atoms with Gasteiger partial charge in [0.05, 0.1) is 0 Å². The number of pyridine rings is 1. The Labute approximate surface area is 106 Å². The molecule has 0 unspecified atom stereocenters. The van der Waals surface area contributed by atoms with E-state index in [1.54, 1.807) is 0 Å². The summed E-state index contributed by atoms with van der Waals surface area (Å²) in [6.07, 6.45) is 1.85. The fourth-order valence-corrected chi connectivity index (χ4v) is 2.28. The van der Waals surface area contributed by atoms with Crippen LogP contribution in [0.1, 0.15) is 0 Å². The van der Waals surface area contributed by atoms with Gasteiger partial charge >= 0.3 is 0 Å². The Balaban J connectivity index is 2.32. The maximum absolute atomic E-state index is 4.35. The molecule has 0 saturated heterocycles. The molecule has 1 heterocycles. The Morgan fingerprint density at radius 2 is 1.67 bits per heavy atom. The lowest BCUT2D eigenvalue weighted by Gasteiger charge is -2.09. The molecule has 2 nitrogen and oxygen atoms in total. The summed E-state index contributed by atoms with van der Waals surface area (Å²) in [5, 5.41) is 5.52. The Kier molecular flexibility index (Phi) is 2.69. The average molecular weight is 234 g/mol. The summed E-state index contributed by atoms with van der Waals surface area (Å²) in [6, 6.07) is 18.8. The van der Waals surface area contributed by atoms with E-state index in [9.17, 15) is 0 Å². The number of fused-ring (bicyclic) bond motifs is 1. The van der Waals surface area contributed by atoms with Crippen molar-refractivity contribution in [3.63, 3.8) is 0 Å². The molecule has 0 saturated carbocycles. The van der Waals surface area contributed by atoms with Crippen LogP contribution in [0.15, 0.2) is 60.8 Å². The van der Waals surface area contributed by atoms with Gasteiger partial charge in [0.25, 0.3) is 0 Å². The van der Waals surface area contributed by atoms with Gasteiger partial charge < -0.3 is 5.32 Å². The number of hydrogen-bond donors (Lipinski definition) is 1. The molecule has 2 aromatic carbocycles. The molecule has 0 bridgehead atoms. The molecule has 0 radical (unpaired) electrons. The number of rotatable bonds is 2. The number of nitrogens with zero attached hydrogens (tertiary/aromatic N) is 1. The van der Waals surface area contributed by atoms with Gasteiger partial charge in [0.15, 0.2) is 0 Å². The standard InChI is InChI=1S/C16H14N2/c1-17-16-15-9-5-8-13(14(15)10-11-18-16)12-6-3-2-4-7-12/h2-11H,1H3,(H,17,18). The minimum absolute atomic E-state index is 0.922. The number of anilines is 1. The summed E-state index contributed by atoms with van der Waals surface area (Å²) in [4.78, 5) is 4.35. The van der Waals surface area contributed by atoms with E-state index < -0.39 is 0 Å². The van der Waals surface area contributed by atoms with E-state index in [2.05, 4.69) is 58.8 Å². The van der Waals surface area contributed by atoms with Crippen molar-refractivity contribution >= 4 is 16.6 Å². The highest BCUT2D eigenvalue weighted by Gasteiger charge is 2.06. The van der Waals surface area contributed by atoms with Crippen LogP contribution in [-0.4, -0.2) is 12.0 Å². The van der Waals surface area contributed by atoms with Crippen molar-refractivity contribution in [2.24, 2.45) is 0 Å². The molecule has 1 N–H and O–H groups in total. The number of benzene rings is 2. The lowest BCUT2D eigenvalue weighted by atomic mass is 9.99. The van der Waals surface area contributed by atoms with Crippen LogP contribution in [0.5, 0.6) is 0 Å². The van der Waals surface area contributed by atoms with Crippen molar-refractivity contribution in [3.8, 4) is 11.1 Å². The second-order valence-corrected chi connectivity index (χ2v) is 4.18. The fraction of sp³-hybridized carbons (Fsp3) is 0.0625. The highest BCUT2D eigenvalue weighted by Crippen LogP contribution is 2.30. The van der Waals surface area contributed by atoms with Crippen LogP contribution in [0.2, 0.25) is 0 Å². The van der Waals surface area contributed by atoms with E-state index in [4.69, 9.17) is 0 Å². The molecule has 3 aromatic rings. The Hall–Kier alpha value is -2.35. The minimum Gasteiger partial charge on any atom is -0.373 e. The van der Waals surface area contributed by atoms with Crippen molar-refractivity contribution in [2.75, 3.05) is 12.4 Å². The highest BCUT2D eigenvalue weighted by molar-refractivity contribution is 6.01. The van der Waals surface area contributed by atoms with Gasteiger partial charge in [0.2, 0.25) is 0 Å². The van der Waals surface area contributed by atoms with Crippen LogP contribution >= 0.6 is 0 Å². The van der Waals surface area contributed by atoms with Crippen molar-refractivity contribution in [3.05, 3.63) is 60.8 Å². The molecule has 0 amide bonds. The predicted octanol–water partition coefficient (Wildman–Crippen LogP) is 3.94. The van der Waals surface area contributed by atoms with Gasteiger partial charge in [-0.3, -0.25) is 0 Å². The van der Waals surface area contributed by atoms with E-state index >= 15 is 0 Å². The smallest absolute Gasteiger partial charge is 0.133 e. The first-order chi connectivity index (χ1) is 8.90. The second kappa shape index (κ2) is 4.49. The van der Waals surface area contributed by atoms with Crippen LogP contribution in [0, 0.1) is 0 Å². The van der Waals surface area contributed by atoms with Crippen molar-refractivity contribution in [1.29, 1.82) is 0 Å². The Bertz CT molecular complexity index is 675. The minimum atomic E-state index is 0.922. The molecule has 18 heavy (non-hydrogen) atoms. The van der Waals surface area contributed by atoms with Gasteiger partial charge in [-0.2, -0.15) is 0 Å². The summed E-state index contributed by atoms with van der Waals surface area (Å²) < 4.78 is 0. The van der Waals surface area contributed by atoms with Crippen LogP contribution in [0.4, 0.5) is 5.82 Å². The molecule has 0 aliphatic rings. The van der Waals surface area contributed by atoms with Crippen molar-refractivity contribution < 1.29 is 0 Å². The summed E-state index contributed by atoms with van der Waals surface area (Å²) in [5.41, 5.74) is 2.48. The van der Waals surface area contributed by atoms with Crippen molar-refractivity contribution in [1.82, 2.24) is 4.98 Å². The topological polar surface area (TPSA) is 24.9 Å². The third-order valence-corrected chi connectivity index (χ3v) is 3.13. The zero-order valence-corrected chi connectivity index (χ0v) is 10.2. The molecule has 0 atom stereocenters. The van der Waals surface area contributed by atoms with Crippen molar-refractivity contribution in [2.45, 2.75) is 0 Å². The van der Waals surface area contributed by atoms with Gasteiger partial charge in [0.1, 0.15) is 5.82 Å². The van der Waals surface area contributed by atoms with Gasteiger partial charge in [-0.15, -0.1) is 0 Å². The molecule has 0 spiro atoms.